The zero-order valence-corrected chi connectivity index (χ0v) is 14.7. The number of hydrogen-bond donors (Lipinski definition) is 1. The lowest BCUT2D eigenvalue weighted by atomic mass is 9.78. The molecular formula is C20H28O4. The topological polar surface area (TPSA) is 63.6 Å². The molecule has 2 atom stereocenters. The van der Waals surface area contributed by atoms with Crippen molar-refractivity contribution in [3.63, 3.8) is 0 Å². The van der Waals surface area contributed by atoms with Crippen LogP contribution in [0.25, 0.3) is 0 Å². The molecule has 24 heavy (non-hydrogen) atoms. The summed E-state index contributed by atoms with van der Waals surface area (Å²) in [5.74, 6) is -0.619. The van der Waals surface area contributed by atoms with Crippen molar-refractivity contribution in [2.75, 3.05) is 0 Å². The summed E-state index contributed by atoms with van der Waals surface area (Å²) >= 11 is 0. The summed E-state index contributed by atoms with van der Waals surface area (Å²) in [6, 6.07) is 8.79. The summed E-state index contributed by atoms with van der Waals surface area (Å²) in [4.78, 5) is 24.3. The molecule has 1 N–H and O–H groups in total. The molecule has 1 aliphatic rings. The second-order valence-electron chi connectivity index (χ2n) is 7.25. The van der Waals surface area contributed by atoms with E-state index in [-0.39, 0.29) is 0 Å². The fourth-order valence-corrected chi connectivity index (χ4v) is 3.61. The molecule has 1 fully saturated rings. The summed E-state index contributed by atoms with van der Waals surface area (Å²) < 4.78 is 5.63. The zero-order valence-electron chi connectivity index (χ0n) is 14.7. The predicted octanol–water partition coefficient (Wildman–Crippen LogP) is 4.68. The van der Waals surface area contributed by atoms with Crippen LogP contribution in [0.5, 0.6) is 0 Å². The van der Waals surface area contributed by atoms with E-state index in [4.69, 9.17) is 4.74 Å². The zero-order chi connectivity index (χ0) is 17.6. The van der Waals surface area contributed by atoms with Gasteiger partial charge in [0.05, 0.1) is 5.56 Å². The molecule has 1 saturated carbocycles. The predicted molar refractivity (Wildman–Crippen MR) is 92.9 cm³/mol. The number of carbonyl (C=O) groups excluding carboxylic acids is 1. The van der Waals surface area contributed by atoms with Gasteiger partial charge in [0.2, 0.25) is 0 Å². The van der Waals surface area contributed by atoms with E-state index in [0.717, 1.165) is 25.7 Å². The SMILES string of the molecule is CC(C)CCCCC1(C(=O)O)CCCC1OC(=O)c1ccccc1. The lowest BCUT2D eigenvalue weighted by Crippen LogP contribution is -2.41. The average Bonchev–Trinajstić information content (AvgIpc) is 2.96. The minimum atomic E-state index is -0.915. The first-order valence-corrected chi connectivity index (χ1v) is 8.95. The van der Waals surface area contributed by atoms with Gasteiger partial charge >= 0.3 is 11.9 Å². The van der Waals surface area contributed by atoms with Crippen molar-refractivity contribution in [1.29, 1.82) is 0 Å². The maximum atomic E-state index is 12.3. The molecule has 0 bridgehead atoms. The monoisotopic (exact) mass is 332 g/mol. The quantitative estimate of drug-likeness (QED) is 0.554. The molecule has 1 aliphatic carbocycles. The second kappa shape index (κ2) is 8.32. The molecule has 4 heteroatoms. The maximum Gasteiger partial charge on any atom is 0.338 e. The minimum absolute atomic E-state index is 0.421. The third-order valence-corrected chi connectivity index (χ3v) is 5.04. The van der Waals surface area contributed by atoms with Crippen LogP contribution in [0, 0.1) is 11.3 Å². The molecule has 0 aromatic heterocycles. The van der Waals surface area contributed by atoms with E-state index in [2.05, 4.69) is 13.8 Å². The van der Waals surface area contributed by atoms with Crippen LogP contribution in [-0.4, -0.2) is 23.1 Å². The van der Waals surface area contributed by atoms with Gasteiger partial charge in [-0.1, -0.05) is 51.3 Å². The fraction of sp³-hybridized carbons (Fsp3) is 0.600. The summed E-state index contributed by atoms with van der Waals surface area (Å²) in [5, 5.41) is 9.83. The van der Waals surface area contributed by atoms with Crippen LogP contribution in [0.3, 0.4) is 0 Å². The molecule has 4 nitrogen and oxygen atoms in total. The van der Waals surface area contributed by atoms with Gasteiger partial charge in [0.15, 0.2) is 0 Å². The standard InChI is InChI=1S/C20H28O4/c1-15(2)9-6-7-13-20(19(22)23)14-8-12-17(20)24-18(21)16-10-4-3-5-11-16/h3-5,10-11,15,17H,6-9,12-14H2,1-2H3,(H,22,23). The van der Waals surface area contributed by atoms with Gasteiger partial charge in [-0.3, -0.25) is 4.79 Å². The molecule has 132 valence electrons. The van der Waals surface area contributed by atoms with Crippen molar-refractivity contribution in [3.8, 4) is 0 Å². The lowest BCUT2D eigenvalue weighted by molar-refractivity contribution is -0.155. The summed E-state index contributed by atoms with van der Waals surface area (Å²) in [5.41, 5.74) is -0.440. The largest absolute Gasteiger partial charge is 0.481 e. The number of hydrogen-bond acceptors (Lipinski definition) is 3. The smallest absolute Gasteiger partial charge is 0.338 e. The number of aliphatic carboxylic acids is 1. The highest BCUT2D eigenvalue weighted by Gasteiger charge is 2.51. The van der Waals surface area contributed by atoms with Gasteiger partial charge in [-0.25, -0.2) is 4.79 Å². The molecule has 0 spiro atoms. The normalized spacial score (nSPS) is 23.4. The van der Waals surface area contributed by atoms with E-state index in [0.29, 0.717) is 30.7 Å². The Morgan fingerprint density at radius 3 is 2.58 bits per heavy atom. The van der Waals surface area contributed by atoms with Gasteiger partial charge in [-0.05, 0) is 43.7 Å². The van der Waals surface area contributed by atoms with Crippen molar-refractivity contribution in [2.24, 2.45) is 11.3 Å². The van der Waals surface area contributed by atoms with Crippen LogP contribution in [0.4, 0.5) is 0 Å². The van der Waals surface area contributed by atoms with Gasteiger partial charge < -0.3 is 9.84 Å². The van der Waals surface area contributed by atoms with Gasteiger partial charge in [-0.2, -0.15) is 0 Å². The van der Waals surface area contributed by atoms with Crippen molar-refractivity contribution >= 4 is 11.9 Å². The Bertz CT molecular complexity index is 552. The Morgan fingerprint density at radius 2 is 1.96 bits per heavy atom. The lowest BCUT2D eigenvalue weighted by Gasteiger charge is -2.31. The van der Waals surface area contributed by atoms with Crippen LogP contribution < -0.4 is 0 Å². The number of ether oxygens (including phenoxy) is 1. The van der Waals surface area contributed by atoms with Gasteiger partial charge in [0, 0.05) is 0 Å². The van der Waals surface area contributed by atoms with Crippen molar-refractivity contribution in [2.45, 2.75) is 64.9 Å². The van der Waals surface area contributed by atoms with E-state index >= 15 is 0 Å². The van der Waals surface area contributed by atoms with E-state index in [1.165, 1.54) is 0 Å². The van der Waals surface area contributed by atoms with Crippen molar-refractivity contribution in [3.05, 3.63) is 35.9 Å². The van der Waals surface area contributed by atoms with E-state index in [9.17, 15) is 14.7 Å². The van der Waals surface area contributed by atoms with Crippen LogP contribution in [0.1, 0.15) is 69.2 Å². The Hall–Kier alpha value is -1.84. The Kier molecular flexibility index (Phi) is 6.41. The number of unbranched alkanes of at least 4 members (excludes halogenated alkanes) is 1. The molecule has 0 aliphatic heterocycles. The fourth-order valence-electron chi connectivity index (χ4n) is 3.61. The molecule has 0 saturated heterocycles. The van der Waals surface area contributed by atoms with Crippen LogP contribution in [0.15, 0.2) is 30.3 Å². The summed E-state index contributed by atoms with van der Waals surface area (Å²) in [7, 11) is 0. The number of carbonyl (C=O) groups is 2. The van der Waals surface area contributed by atoms with Gasteiger partial charge in [-0.15, -0.1) is 0 Å². The van der Waals surface area contributed by atoms with E-state index in [1.54, 1.807) is 24.3 Å². The Morgan fingerprint density at radius 1 is 1.25 bits per heavy atom. The summed E-state index contributed by atoms with van der Waals surface area (Å²) in [6.45, 7) is 4.35. The number of esters is 1. The van der Waals surface area contributed by atoms with Crippen LogP contribution in [-0.2, 0) is 9.53 Å². The average molecular weight is 332 g/mol. The number of carboxylic acids is 1. The first kappa shape index (κ1) is 18.5. The van der Waals surface area contributed by atoms with Crippen LogP contribution in [0.2, 0.25) is 0 Å². The van der Waals surface area contributed by atoms with Crippen LogP contribution >= 0.6 is 0 Å². The third kappa shape index (κ3) is 4.37. The highest BCUT2D eigenvalue weighted by molar-refractivity contribution is 5.90. The highest BCUT2D eigenvalue weighted by Crippen LogP contribution is 2.45. The molecule has 1 aromatic carbocycles. The van der Waals surface area contributed by atoms with Gasteiger partial charge in [0.25, 0.3) is 0 Å². The molecule has 0 amide bonds. The molecule has 2 rings (SSSR count). The maximum absolute atomic E-state index is 12.3. The number of benzene rings is 1. The molecule has 0 radical (unpaired) electrons. The third-order valence-electron chi connectivity index (χ3n) is 5.04. The summed E-state index contributed by atoms with van der Waals surface area (Å²) in [6.07, 6.45) is 5.07. The number of carboxylic acid groups (broad SMARTS) is 1. The molecule has 1 aromatic rings. The van der Waals surface area contributed by atoms with Crippen molar-refractivity contribution < 1.29 is 19.4 Å². The van der Waals surface area contributed by atoms with E-state index < -0.39 is 23.5 Å². The van der Waals surface area contributed by atoms with Gasteiger partial charge in [0.1, 0.15) is 11.5 Å². The first-order chi connectivity index (χ1) is 11.5. The first-order valence-electron chi connectivity index (χ1n) is 8.95. The minimum Gasteiger partial charge on any atom is -0.481 e. The second-order valence-corrected chi connectivity index (χ2v) is 7.25. The Balaban J connectivity index is 2.03. The molecule has 0 heterocycles. The highest BCUT2D eigenvalue weighted by atomic mass is 16.5. The van der Waals surface area contributed by atoms with E-state index in [1.807, 2.05) is 6.07 Å². The number of rotatable bonds is 8. The van der Waals surface area contributed by atoms with Crippen molar-refractivity contribution in [1.82, 2.24) is 0 Å². The Labute approximate surface area is 144 Å². The molecular weight excluding hydrogens is 304 g/mol. The molecule has 2 unspecified atom stereocenters.